The highest BCUT2D eigenvalue weighted by atomic mass is 35.5. The SMILES string of the molecule is CCCNC(=O)C(CC)N(Cc1ccc(C)cc1)C(=O)CSCc1c(F)cccc1Cl. The van der Waals surface area contributed by atoms with Crippen molar-refractivity contribution in [2.45, 2.75) is 52.0 Å². The summed E-state index contributed by atoms with van der Waals surface area (Å²) in [4.78, 5) is 27.5. The van der Waals surface area contributed by atoms with Gasteiger partial charge < -0.3 is 10.2 Å². The van der Waals surface area contributed by atoms with E-state index in [1.165, 1.54) is 17.8 Å². The topological polar surface area (TPSA) is 49.4 Å². The normalized spacial score (nSPS) is 11.8. The van der Waals surface area contributed by atoms with Crippen molar-refractivity contribution in [3.05, 3.63) is 70.0 Å². The molecule has 7 heteroatoms. The third-order valence-electron chi connectivity index (χ3n) is 4.94. The average Bonchev–Trinajstić information content (AvgIpc) is 2.75. The highest BCUT2D eigenvalue weighted by Crippen LogP contribution is 2.24. The van der Waals surface area contributed by atoms with Crippen LogP contribution < -0.4 is 5.32 Å². The lowest BCUT2D eigenvalue weighted by molar-refractivity contribution is -0.139. The van der Waals surface area contributed by atoms with Gasteiger partial charge >= 0.3 is 0 Å². The van der Waals surface area contributed by atoms with Crippen LogP contribution in [0.4, 0.5) is 4.39 Å². The van der Waals surface area contributed by atoms with Gasteiger partial charge in [0.1, 0.15) is 11.9 Å². The zero-order chi connectivity index (χ0) is 22.8. The first-order valence-corrected chi connectivity index (χ1v) is 12.0. The summed E-state index contributed by atoms with van der Waals surface area (Å²) in [5, 5.41) is 3.25. The molecular weight excluding hydrogens is 435 g/mol. The minimum Gasteiger partial charge on any atom is -0.354 e. The van der Waals surface area contributed by atoms with Gasteiger partial charge in [-0.25, -0.2) is 4.39 Å². The van der Waals surface area contributed by atoms with Gasteiger partial charge in [0, 0.05) is 29.4 Å². The van der Waals surface area contributed by atoms with Crippen LogP contribution in [0, 0.1) is 12.7 Å². The number of benzene rings is 2. The van der Waals surface area contributed by atoms with Gasteiger partial charge in [-0.05, 0) is 37.5 Å². The maximum absolute atomic E-state index is 14.0. The highest BCUT2D eigenvalue weighted by Gasteiger charge is 2.28. The molecule has 4 nitrogen and oxygen atoms in total. The van der Waals surface area contributed by atoms with E-state index in [2.05, 4.69) is 5.32 Å². The molecule has 0 saturated carbocycles. The lowest BCUT2D eigenvalue weighted by Gasteiger charge is -2.30. The molecule has 0 fully saturated rings. The van der Waals surface area contributed by atoms with Gasteiger partial charge in [-0.15, -0.1) is 11.8 Å². The number of rotatable bonds is 11. The van der Waals surface area contributed by atoms with Crippen LogP contribution in [0.2, 0.25) is 5.02 Å². The van der Waals surface area contributed by atoms with Crippen LogP contribution >= 0.6 is 23.4 Å². The number of halogens is 2. The van der Waals surface area contributed by atoms with Gasteiger partial charge in [0.2, 0.25) is 11.8 Å². The third kappa shape index (κ3) is 7.54. The molecule has 2 rings (SSSR count). The van der Waals surface area contributed by atoms with Crippen molar-refractivity contribution in [3.8, 4) is 0 Å². The number of hydrogen-bond donors (Lipinski definition) is 1. The molecule has 0 bridgehead atoms. The van der Waals surface area contributed by atoms with E-state index >= 15 is 0 Å². The number of amides is 2. The van der Waals surface area contributed by atoms with Crippen molar-refractivity contribution in [1.29, 1.82) is 0 Å². The molecule has 0 saturated heterocycles. The molecule has 0 radical (unpaired) electrons. The number of thioether (sulfide) groups is 1. The van der Waals surface area contributed by atoms with Gasteiger partial charge in [0.25, 0.3) is 0 Å². The fourth-order valence-electron chi connectivity index (χ4n) is 3.17. The number of hydrogen-bond acceptors (Lipinski definition) is 3. The summed E-state index contributed by atoms with van der Waals surface area (Å²) in [6, 6.07) is 11.9. The molecule has 2 aromatic carbocycles. The lowest BCUT2D eigenvalue weighted by atomic mass is 10.1. The van der Waals surface area contributed by atoms with Crippen molar-refractivity contribution in [1.82, 2.24) is 10.2 Å². The number of carbonyl (C=O) groups is 2. The number of nitrogens with one attached hydrogen (secondary N) is 1. The summed E-state index contributed by atoms with van der Waals surface area (Å²) in [7, 11) is 0. The highest BCUT2D eigenvalue weighted by molar-refractivity contribution is 7.99. The summed E-state index contributed by atoms with van der Waals surface area (Å²) < 4.78 is 14.0. The Morgan fingerprint density at radius 1 is 1.16 bits per heavy atom. The summed E-state index contributed by atoms with van der Waals surface area (Å²) >= 11 is 7.38. The van der Waals surface area contributed by atoms with Gasteiger partial charge in [-0.3, -0.25) is 9.59 Å². The third-order valence-corrected chi connectivity index (χ3v) is 6.24. The van der Waals surface area contributed by atoms with Crippen molar-refractivity contribution in [3.63, 3.8) is 0 Å². The first-order chi connectivity index (χ1) is 14.9. The van der Waals surface area contributed by atoms with Gasteiger partial charge in [0.15, 0.2) is 0 Å². The fourth-order valence-corrected chi connectivity index (χ4v) is 4.42. The van der Waals surface area contributed by atoms with Crippen LogP contribution in [0.25, 0.3) is 0 Å². The molecule has 0 aliphatic carbocycles. The Balaban J connectivity index is 2.14. The molecule has 1 atom stereocenters. The lowest BCUT2D eigenvalue weighted by Crippen LogP contribution is -2.49. The second-order valence-electron chi connectivity index (χ2n) is 7.42. The number of nitrogens with zero attached hydrogens (tertiary/aromatic N) is 1. The summed E-state index contributed by atoms with van der Waals surface area (Å²) in [6.07, 6.45) is 1.34. The molecule has 0 spiro atoms. The predicted molar refractivity (Wildman–Crippen MR) is 127 cm³/mol. The molecule has 1 N–H and O–H groups in total. The summed E-state index contributed by atoms with van der Waals surface area (Å²) in [5.74, 6) is -0.263. The first kappa shape index (κ1) is 25.2. The van der Waals surface area contributed by atoms with E-state index in [9.17, 15) is 14.0 Å². The van der Waals surface area contributed by atoms with E-state index in [1.54, 1.807) is 17.0 Å². The van der Waals surface area contributed by atoms with Crippen LogP contribution in [-0.4, -0.2) is 35.1 Å². The number of carbonyl (C=O) groups excluding carboxylic acids is 2. The Morgan fingerprint density at radius 2 is 1.87 bits per heavy atom. The Hall–Kier alpha value is -2.05. The molecule has 2 amide bonds. The zero-order valence-corrected chi connectivity index (χ0v) is 19.9. The summed E-state index contributed by atoms with van der Waals surface area (Å²) in [6.45, 7) is 6.81. The molecule has 168 valence electrons. The Morgan fingerprint density at radius 3 is 2.48 bits per heavy atom. The molecule has 0 aliphatic rings. The molecule has 0 aliphatic heterocycles. The maximum atomic E-state index is 14.0. The van der Waals surface area contributed by atoms with Gasteiger partial charge in [-0.1, -0.05) is 61.3 Å². The van der Waals surface area contributed by atoms with Crippen LogP contribution in [0.1, 0.15) is 43.4 Å². The van der Waals surface area contributed by atoms with Crippen LogP contribution in [-0.2, 0) is 21.9 Å². The van der Waals surface area contributed by atoms with Crippen LogP contribution in [0.5, 0.6) is 0 Å². The van der Waals surface area contributed by atoms with E-state index in [4.69, 9.17) is 11.6 Å². The minimum atomic E-state index is -0.557. The second-order valence-corrected chi connectivity index (χ2v) is 8.81. The van der Waals surface area contributed by atoms with E-state index in [0.717, 1.165) is 17.5 Å². The molecule has 1 unspecified atom stereocenters. The van der Waals surface area contributed by atoms with Crippen molar-refractivity contribution in [2.75, 3.05) is 12.3 Å². The van der Waals surface area contributed by atoms with E-state index in [-0.39, 0.29) is 29.1 Å². The van der Waals surface area contributed by atoms with Crippen molar-refractivity contribution >= 4 is 35.2 Å². The standard InChI is InChI=1S/C24H30ClFN2O2S/c1-4-13-27-24(30)22(5-2)28(14-18-11-9-17(3)10-12-18)23(29)16-31-15-19-20(25)7-6-8-21(19)26/h6-12,22H,4-5,13-16H2,1-3H3,(H,27,30). The van der Waals surface area contributed by atoms with E-state index in [0.29, 0.717) is 30.1 Å². The molecular formula is C24H30ClFN2O2S. The molecule has 0 aromatic heterocycles. The average molecular weight is 465 g/mol. The van der Waals surface area contributed by atoms with Gasteiger partial charge in [-0.2, -0.15) is 0 Å². The predicted octanol–water partition coefficient (Wildman–Crippen LogP) is 5.35. The first-order valence-electron chi connectivity index (χ1n) is 10.5. The Bertz CT molecular complexity index is 856. The second kappa shape index (κ2) is 12.7. The van der Waals surface area contributed by atoms with E-state index < -0.39 is 6.04 Å². The molecule has 2 aromatic rings. The smallest absolute Gasteiger partial charge is 0.242 e. The van der Waals surface area contributed by atoms with Crippen molar-refractivity contribution < 1.29 is 14.0 Å². The molecule has 31 heavy (non-hydrogen) atoms. The van der Waals surface area contributed by atoms with Crippen LogP contribution in [0.15, 0.2) is 42.5 Å². The zero-order valence-electron chi connectivity index (χ0n) is 18.3. The van der Waals surface area contributed by atoms with Crippen LogP contribution in [0.3, 0.4) is 0 Å². The van der Waals surface area contributed by atoms with E-state index in [1.807, 2.05) is 45.0 Å². The molecule has 0 heterocycles. The Kier molecular flexibility index (Phi) is 10.3. The minimum absolute atomic E-state index is 0.133. The fraction of sp³-hybridized carbons (Fsp3) is 0.417. The largest absolute Gasteiger partial charge is 0.354 e. The quantitative estimate of drug-likeness (QED) is 0.487. The Labute approximate surface area is 193 Å². The van der Waals surface area contributed by atoms with Gasteiger partial charge in [0.05, 0.1) is 5.75 Å². The van der Waals surface area contributed by atoms with Crippen molar-refractivity contribution in [2.24, 2.45) is 0 Å². The monoisotopic (exact) mass is 464 g/mol. The number of aryl methyl sites for hydroxylation is 1. The maximum Gasteiger partial charge on any atom is 0.242 e. The summed E-state index contributed by atoms with van der Waals surface area (Å²) in [5.41, 5.74) is 2.48.